The number of likely N-dealkylation sites (tertiary alicyclic amines) is 1. The van der Waals surface area contributed by atoms with Gasteiger partial charge in [-0.1, -0.05) is 6.92 Å². The van der Waals surface area contributed by atoms with Gasteiger partial charge in [0.25, 0.3) is 5.69 Å². The molecule has 0 aromatic heterocycles. The third-order valence-corrected chi connectivity index (χ3v) is 4.05. The zero-order valence-electron chi connectivity index (χ0n) is 13.1. The van der Waals surface area contributed by atoms with Gasteiger partial charge in [-0.15, -0.1) is 0 Å². The molecular weight excluding hydrogens is 310 g/mol. The predicted molar refractivity (Wildman–Crippen MR) is 80.0 cm³/mol. The van der Waals surface area contributed by atoms with Gasteiger partial charge >= 0.3 is 6.61 Å². The molecule has 0 radical (unpaired) electrons. The molecule has 1 aliphatic rings. The first-order valence-corrected chi connectivity index (χ1v) is 7.43. The highest BCUT2D eigenvalue weighted by Gasteiger charge is 2.24. The lowest BCUT2D eigenvalue weighted by molar-refractivity contribution is -0.385. The molecule has 0 bridgehead atoms. The molecule has 0 spiro atoms. The Kier molecular flexibility index (Phi) is 5.70. The maximum absolute atomic E-state index is 12.4. The summed E-state index contributed by atoms with van der Waals surface area (Å²) < 4.78 is 34.2. The fourth-order valence-electron chi connectivity index (χ4n) is 2.70. The van der Waals surface area contributed by atoms with E-state index in [2.05, 4.69) is 16.6 Å². The Bertz CT molecular complexity index is 561. The Labute approximate surface area is 133 Å². The molecule has 6 nitrogen and oxygen atoms in total. The van der Waals surface area contributed by atoms with Gasteiger partial charge in [-0.05, 0) is 37.9 Å². The lowest BCUT2D eigenvalue weighted by Crippen LogP contribution is -2.32. The van der Waals surface area contributed by atoms with Crippen molar-refractivity contribution in [3.63, 3.8) is 0 Å². The Morgan fingerprint density at radius 3 is 2.52 bits per heavy atom. The number of ether oxygens (including phenoxy) is 2. The number of hydrogen-bond donors (Lipinski definition) is 0. The molecule has 0 unspecified atom stereocenters. The largest absolute Gasteiger partial charge is 0.493 e. The zero-order valence-corrected chi connectivity index (χ0v) is 13.1. The number of rotatable bonds is 6. The van der Waals surface area contributed by atoms with Gasteiger partial charge in [0.1, 0.15) is 0 Å². The fourth-order valence-corrected chi connectivity index (χ4v) is 2.70. The van der Waals surface area contributed by atoms with Crippen molar-refractivity contribution in [2.24, 2.45) is 5.92 Å². The molecule has 1 saturated heterocycles. The summed E-state index contributed by atoms with van der Waals surface area (Å²) in [7, 11) is 1.31. The molecule has 1 fully saturated rings. The van der Waals surface area contributed by atoms with Gasteiger partial charge in [0.2, 0.25) is 0 Å². The van der Waals surface area contributed by atoms with Crippen molar-refractivity contribution < 1.29 is 23.2 Å². The van der Waals surface area contributed by atoms with Crippen LogP contribution in [0.5, 0.6) is 11.5 Å². The highest BCUT2D eigenvalue weighted by Crippen LogP contribution is 2.36. The summed E-state index contributed by atoms with van der Waals surface area (Å²) in [6.45, 7) is 1.21. The Morgan fingerprint density at radius 1 is 1.35 bits per heavy atom. The van der Waals surface area contributed by atoms with Crippen molar-refractivity contribution in [3.05, 3.63) is 27.8 Å². The molecule has 0 saturated carbocycles. The number of piperidine rings is 1. The number of halogens is 2. The molecule has 8 heteroatoms. The highest BCUT2D eigenvalue weighted by molar-refractivity contribution is 5.54. The molecule has 0 aliphatic carbocycles. The number of methoxy groups -OCH3 is 1. The Balaban J connectivity index is 2.28. The molecule has 1 aromatic carbocycles. The SMILES string of the molecule is COc1cc(CN2CCC(C)CC2)c([N+](=O)[O-])cc1OC(F)F. The molecule has 1 aromatic rings. The fraction of sp³-hybridized carbons (Fsp3) is 0.600. The standard InChI is InChI=1S/C15H20F2N2O4/c1-10-3-5-18(6-4-10)9-11-7-13(22-2)14(23-15(16)17)8-12(11)19(20)21/h7-8,10,15H,3-6,9H2,1-2H3. The number of hydrogen-bond acceptors (Lipinski definition) is 5. The second-order valence-electron chi connectivity index (χ2n) is 5.73. The smallest absolute Gasteiger partial charge is 0.387 e. The van der Waals surface area contributed by atoms with Gasteiger partial charge in [0, 0.05) is 12.1 Å². The molecule has 23 heavy (non-hydrogen) atoms. The van der Waals surface area contributed by atoms with Crippen LogP contribution in [0.15, 0.2) is 12.1 Å². The molecule has 128 valence electrons. The molecule has 0 atom stereocenters. The maximum Gasteiger partial charge on any atom is 0.387 e. The third-order valence-electron chi connectivity index (χ3n) is 4.05. The minimum absolute atomic E-state index is 0.0660. The van der Waals surface area contributed by atoms with Crippen LogP contribution in [0.25, 0.3) is 0 Å². The molecule has 2 rings (SSSR count). The molecular formula is C15H20F2N2O4. The number of alkyl halides is 2. The van der Waals surface area contributed by atoms with Crippen LogP contribution in [0, 0.1) is 16.0 Å². The lowest BCUT2D eigenvalue weighted by Gasteiger charge is -2.30. The first kappa shape index (κ1) is 17.4. The van der Waals surface area contributed by atoms with Gasteiger partial charge in [-0.25, -0.2) is 0 Å². The van der Waals surface area contributed by atoms with E-state index >= 15 is 0 Å². The summed E-state index contributed by atoms with van der Waals surface area (Å²) in [5.74, 6) is 0.388. The minimum Gasteiger partial charge on any atom is -0.493 e. The van der Waals surface area contributed by atoms with E-state index < -0.39 is 11.5 Å². The van der Waals surface area contributed by atoms with Gasteiger partial charge < -0.3 is 9.47 Å². The van der Waals surface area contributed by atoms with Crippen LogP contribution in [0.2, 0.25) is 0 Å². The van der Waals surface area contributed by atoms with Crippen molar-refractivity contribution >= 4 is 5.69 Å². The minimum atomic E-state index is -3.07. The van der Waals surface area contributed by atoms with Crippen molar-refractivity contribution in [2.45, 2.75) is 32.9 Å². The topological polar surface area (TPSA) is 64.8 Å². The normalized spacial score (nSPS) is 16.6. The average molecular weight is 330 g/mol. The van der Waals surface area contributed by atoms with E-state index in [0.717, 1.165) is 32.0 Å². The van der Waals surface area contributed by atoms with E-state index in [1.165, 1.54) is 13.2 Å². The molecule has 0 N–H and O–H groups in total. The summed E-state index contributed by atoms with van der Waals surface area (Å²) in [6.07, 6.45) is 2.08. The summed E-state index contributed by atoms with van der Waals surface area (Å²) >= 11 is 0. The van der Waals surface area contributed by atoms with Crippen LogP contribution in [0.3, 0.4) is 0 Å². The number of nitro groups is 1. The molecule has 0 amide bonds. The maximum atomic E-state index is 12.4. The van der Waals surface area contributed by atoms with Crippen LogP contribution in [-0.2, 0) is 6.54 Å². The van der Waals surface area contributed by atoms with Crippen molar-refractivity contribution in [3.8, 4) is 11.5 Å². The number of nitro benzene ring substituents is 1. The zero-order chi connectivity index (χ0) is 17.0. The third kappa shape index (κ3) is 4.51. The first-order valence-electron chi connectivity index (χ1n) is 7.43. The number of nitrogens with zero attached hydrogens (tertiary/aromatic N) is 2. The van der Waals surface area contributed by atoms with Crippen LogP contribution < -0.4 is 9.47 Å². The Morgan fingerprint density at radius 2 is 2.00 bits per heavy atom. The molecule has 1 aliphatic heterocycles. The number of benzene rings is 1. The van der Waals surface area contributed by atoms with Gasteiger partial charge in [-0.3, -0.25) is 15.0 Å². The van der Waals surface area contributed by atoms with Gasteiger partial charge in [-0.2, -0.15) is 8.78 Å². The van der Waals surface area contributed by atoms with E-state index in [1.54, 1.807) is 0 Å². The highest BCUT2D eigenvalue weighted by atomic mass is 19.3. The van der Waals surface area contributed by atoms with Crippen molar-refractivity contribution in [2.75, 3.05) is 20.2 Å². The van der Waals surface area contributed by atoms with Crippen LogP contribution in [-0.4, -0.2) is 36.6 Å². The predicted octanol–water partition coefficient (Wildman–Crippen LogP) is 3.44. The molecule has 1 heterocycles. The van der Waals surface area contributed by atoms with E-state index in [1.807, 2.05) is 0 Å². The van der Waals surface area contributed by atoms with Gasteiger partial charge in [0.05, 0.1) is 18.1 Å². The van der Waals surface area contributed by atoms with E-state index in [9.17, 15) is 18.9 Å². The van der Waals surface area contributed by atoms with Crippen LogP contribution in [0.4, 0.5) is 14.5 Å². The van der Waals surface area contributed by atoms with Crippen molar-refractivity contribution in [1.29, 1.82) is 0 Å². The summed E-state index contributed by atoms with van der Waals surface area (Å²) in [5, 5.41) is 11.3. The summed E-state index contributed by atoms with van der Waals surface area (Å²) in [6, 6.07) is 2.42. The van der Waals surface area contributed by atoms with E-state index in [4.69, 9.17) is 4.74 Å². The van der Waals surface area contributed by atoms with Crippen LogP contribution in [0.1, 0.15) is 25.3 Å². The Hall–Kier alpha value is -1.96. The second kappa shape index (κ2) is 7.54. The summed E-state index contributed by atoms with van der Waals surface area (Å²) in [4.78, 5) is 12.8. The summed E-state index contributed by atoms with van der Waals surface area (Å²) in [5.41, 5.74) is 0.197. The quantitative estimate of drug-likeness (QED) is 0.590. The van der Waals surface area contributed by atoms with E-state index in [0.29, 0.717) is 18.0 Å². The first-order chi connectivity index (χ1) is 10.9. The van der Waals surface area contributed by atoms with E-state index in [-0.39, 0.29) is 17.2 Å². The van der Waals surface area contributed by atoms with Crippen molar-refractivity contribution in [1.82, 2.24) is 4.90 Å². The second-order valence-corrected chi connectivity index (χ2v) is 5.73. The van der Waals surface area contributed by atoms with Gasteiger partial charge in [0.15, 0.2) is 11.5 Å². The van der Waals surface area contributed by atoms with Crippen LogP contribution >= 0.6 is 0 Å². The monoisotopic (exact) mass is 330 g/mol. The average Bonchev–Trinajstić information content (AvgIpc) is 2.49. The lowest BCUT2D eigenvalue weighted by atomic mass is 9.98.